The Morgan fingerprint density at radius 1 is 0.881 bits per heavy atom. The minimum atomic E-state index is -0.360. The molecule has 1 aliphatic heterocycles. The van der Waals surface area contributed by atoms with E-state index in [9.17, 15) is 9.59 Å². The summed E-state index contributed by atoms with van der Waals surface area (Å²) in [5.41, 5.74) is 4.42. The highest BCUT2D eigenvalue weighted by Gasteiger charge is 2.33. The number of pyridine rings is 1. The molecule has 1 saturated heterocycles. The third-order valence-corrected chi connectivity index (χ3v) is 8.02. The van der Waals surface area contributed by atoms with Crippen LogP contribution in [0.1, 0.15) is 41.4 Å². The molecule has 1 atom stereocenters. The summed E-state index contributed by atoms with van der Waals surface area (Å²) in [6.45, 7) is 7.79. The summed E-state index contributed by atoms with van der Waals surface area (Å²) in [5, 5.41) is 0. The third kappa shape index (κ3) is 6.42. The lowest BCUT2D eigenvalue weighted by atomic mass is 9.95. The fourth-order valence-corrected chi connectivity index (χ4v) is 5.77. The lowest BCUT2D eigenvalue weighted by Crippen LogP contribution is -2.52. The van der Waals surface area contributed by atoms with Gasteiger partial charge in [-0.2, -0.15) is 0 Å². The number of amides is 1. The highest BCUT2D eigenvalue weighted by Crippen LogP contribution is 2.29. The van der Waals surface area contributed by atoms with E-state index >= 15 is 4.39 Å². The van der Waals surface area contributed by atoms with E-state index in [-0.39, 0.29) is 30.0 Å². The number of benzene rings is 3. The molecule has 0 aliphatic carbocycles. The number of rotatable bonds is 10. The van der Waals surface area contributed by atoms with Crippen molar-refractivity contribution in [3.63, 3.8) is 0 Å². The van der Waals surface area contributed by atoms with Crippen LogP contribution in [0.5, 0.6) is 0 Å². The molecule has 1 amide bonds. The molecule has 2 heterocycles. The molecule has 4 aromatic rings. The molecular formula is C35H37FN4O2. The quantitative estimate of drug-likeness (QED) is 0.220. The summed E-state index contributed by atoms with van der Waals surface area (Å²) in [5.74, 6) is -0.307. The first-order chi connectivity index (χ1) is 20.5. The topological polar surface area (TPSA) is 56.8 Å². The normalized spacial score (nSPS) is 14.4. The Labute approximate surface area is 247 Å². The summed E-state index contributed by atoms with van der Waals surface area (Å²) >= 11 is 0. The number of likely N-dealkylation sites (N-methyl/N-ethyl adjacent to an activating group) is 1. The van der Waals surface area contributed by atoms with Gasteiger partial charge in [0.05, 0.1) is 5.69 Å². The van der Waals surface area contributed by atoms with Crippen molar-refractivity contribution in [1.82, 2.24) is 14.8 Å². The molecule has 3 aromatic carbocycles. The highest BCUT2D eigenvalue weighted by molar-refractivity contribution is 6.03. The van der Waals surface area contributed by atoms with Crippen molar-refractivity contribution in [3.05, 3.63) is 120 Å². The average molecular weight is 565 g/mol. The number of halogens is 1. The predicted molar refractivity (Wildman–Crippen MR) is 165 cm³/mol. The van der Waals surface area contributed by atoms with Gasteiger partial charge in [-0.3, -0.25) is 19.5 Å². The highest BCUT2D eigenvalue weighted by atomic mass is 19.1. The number of Topliss-reactive ketones (excluding diaryl/α,β-unsaturated/α-hetero) is 1. The molecule has 1 aliphatic rings. The van der Waals surface area contributed by atoms with Gasteiger partial charge in [-0.05, 0) is 48.7 Å². The van der Waals surface area contributed by atoms with Crippen molar-refractivity contribution < 1.29 is 14.0 Å². The summed E-state index contributed by atoms with van der Waals surface area (Å²) in [6, 6.07) is 25.9. The van der Waals surface area contributed by atoms with Gasteiger partial charge in [0.1, 0.15) is 11.9 Å². The fourth-order valence-electron chi connectivity index (χ4n) is 5.77. The monoisotopic (exact) mass is 564 g/mol. The smallest absolute Gasteiger partial charge is 0.244 e. The molecule has 0 saturated carbocycles. The van der Waals surface area contributed by atoms with Crippen LogP contribution in [0.3, 0.4) is 0 Å². The molecule has 0 spiro atoms. The number of ketones is 1. The Balaban J connectivity index is 1.27. The van der Waals surface area contributed by atoms with Crippen molar-refractivity contribution in [2.24, 2.45) is 0 Å². The molecule has 1 fully saturated rings. The number of hydrogen-bond donors (Lipinski definition) is 0. The van der Waals surface area contributed by atoms with E-state index in [2.05, 4.69) is 9.88 Å². The number of carbonyl (C=O) groups excluding carboxylic acids is 2. The first kappa shape index (κ1) is 29.1. The number of piperazine rings is 1. The molecule has 0 N–H and O–H groups in total. The first-order valence-electron chi connectivity index (χ1n) is 14.6. The second-order valence-corrected chi connectivity index (χ2v) is 10.5. The van der Waals surface area contributed by atoms with Crippen LogP contribution in [0.15, 0.2) is 97.3 Å². The maximum absolute atomic E-state index is 15.4. The minimum absolute atomic E-state index is 0.0694. The largest absolute Gasteiger partial charge is 0.367 e. The zero-order chi connectivity index (χ0) is 29.5. The van der Waals surface area contributed by atoms with Crippen LogP contribution in [-0.4, -0.2) is 65.7 Å². The Bertz CT molecular complexity index is 1500. The second-order valence-electron chi connectivity index (χ2n) is 10.5. The van der Waals surface area contributed by atoms with Crippen LogP contribution >= 0.6 is 0 Å². The zero-order valence-electron chi connectivity index (χ0n) is 24.2. The summed E-state index contributed by atoms with van der Waals surface area (Å²) < 4.78 is 15.4. The van der Waals surface area contributed by atoms with Gasteiger partial charge < -0.3 is 9.80 Å². The van der Waals surface area contributed by atoms with Crippen molar-refractivity contribution in [3.8, 4) is 11.1 Å². The molecule has 1 unspecified atom stereocenters. The minimum Gasteiger partial charge on any atom is -0.367 e. The van der Waals surface area contributed by atoms with Crippen LogP contribution < -0.4 is 4.90 Å². The number of aromatic nitrogens is 1. The van der Waals surface area contributed by atoms with Crippen LogP contribution in [0.2, 0.25) is 0 Å². The van der Waals surface area contributed by atoms with E-state index in [0.717, 1.165) is 16.7 Å². The Morgan fingerprint density at radius 3 is 2.26 bits per heavy atom. The summed E-state index contributed by atoms with van der Waals surface area (Å²) in [6.07, 6.45) is 3.54. The maximum atomic E-state index is 15.4. The van der Waals surface area contributed by atoms with E-state index in [1.807, 2.05) is 96.4 Å². The van der Waals surface area contributed by atoms with Crippen molar-refractivity contribution in [2.45, 2.75) is 26.3 Å². The standard InChI is InChI=1S/C35H37FN4O2/c1-3-38(4-2)35(42)34(27-11-6-5-7-12-27)40-21-19-39(20-22-40)32-17-16-26(23-31(32)36)24-33(41)30-15-9-8-14-29(30)28-13-10-18-37-25-28/h5-18,23,25,34H,3-4,19-22,24H2,1-2H3. The molecule has 216 valence electrons. The van der Waals surface area contributed by atoms with Gasteiger partial charge in [-0.25, -0.2) is 4.39 Å². The van der Waals surface area contributed by atoms with Gasteiger partial charge in [0.25, 0.3) is 0 Å². The van der Waals surface area contributed by atoms with E-state index in [4.69, 9.17) is 0 Å². The van der Waals surface area contributed by atoms with Crippen LogP contribution in [0.4, 0.5) is 10.1 Å². The van der Waals surface area contributed by atoms with Gasteiger partial charge in [0, 0.05) is 69.2 Å². The Kier molecular flexibility index (Phi) is 9.39. The molecule has 0 radical (unpaired) electrons. The molecule has 5 rings (SSSR count). The van der Waals surface area contributed by atoms with Gasteiger partial charge in [0.2, 0.25) is 5.91 Å². The SMILES string of the molecule is CCN(CC)C(=O)C(c1ccccc1)N1CCN(c2ccc(CC(=O)c3ccccc3-c3cccnc3)cc2F)CC1. The number of carbonyl (C=O) groups is 2. The zero-order valence-corrected chi connectivity index (χ0v) is 24.2. The second kappa shape index (κ2) is 13.5. The van der Waals surface area contributed by atoms with Crippen LogP contribution in [0, 0.1) is 5.82 Å². The predicted octanol–water partition coefficient (Wildman–Crippen LogP) is 6.04. The van der Waals surface area contributed by atoms with Crippen molar-refractivity contribution in [1.29, 1.82) is 0 Å². The number of nitrogens with zero attached hydrogens (tertiary/aromatic N) is 4. The fraction of sp³-hybridized carbons (Fsp3) is 0.286. The molecule has 6 nitrogen and oxygen atoms in total. The van der Waals surface area contributed by atoms with E-state index < -0.39 is 0 Å². The van der Waals surface area contributed by atoms with E-state index in [1.54, 1.807) is 18.5 Å². The van der Waals surface area contributed by atoms with Gasteiger partial charge in [-0.1, -0.05) is 66.7 Å². The van der Waals surface area contributed by atoms with E-state index in [1.165, 1.54) is 6.07 Å². The lowest BCUT2D eigenvalue weighted by Gasteiger charge is -2.41. The van der Waals surface area contributed by atoms with Gasteiger partial charge in [0.15, 0.2) is 5.78 Å². The summed E-state index contributed by atoms with van der Waals surface area (Å²) in [7, 11) is 0. The Morgan fingerprint density at radius 2 is 1.60 bits per heavy atom. The molecular weight excluding hydrogens is 527 g/mol. The Hall–Kier alpha value is -4.36. The maximum Gasteiger partial charge on any atom is 0.244 e. The lowest BCUT2D eigenvalue weighted by molar-refractivity contribution is -0.137. The molecule has 0 bridgehead atoms. The van der Waals surface area contributed by atoms with Gasteiger partial charge in [-0.15, -0.1) is 0 Å². The first-order valence-corrected chi connectivity index (χ1v) is 14.6. The number of hydrogen-bond acceptors (Lipinski definition) is 5. The molecule has 1 aromatic heterocycles. The number of anilines is 1. The van der Waals surface area contributed by atoms with Crippen molar-refractivity contribution in [2.75, 3.05) is 44.2 Å². The molecule has 7 heteroatoms. The van der Waals surface area contributed by atoms with E-state index in [0.29, 0.717) is 56.1 Å². The van der Waals surface area contributed by atoms with Crippen LogP contribution in [-0.2, 0) is 11.2 Å². The van der Waals surface area contributed by atoms with Crippen LogP contribution in [0.25, 0.3) is 11.1 Å². The van der Waals surface area contributed by atoms with Gasteiger partial charge >= 0.3 is 0 Å². The average Bonchev–Trinajstić information content (AvgIpc) is 3.03. The third-order valence-electron chi connectivity index (χ3n) is 8.02. The summed E-state index contributed by atoms with van der Waals surface area (Å²) in [4.78, 5) is 37.1. The van der Waals surface area contributed by atoms with Crippen molar-refractivity contribution >= 4 is 17.4 Å². The molecule has 42 heavy (non-hydrogen) atoms.